The third-order valence-corrected chi connectivity index (χ3v) is 3.40. The Kier molecular flexibility index (Phi) is 6.90. The zero-order valence-electron chi connectivity index (χ0n) is 11.0. The predicted molar refractivity (Wildman–Crippen MR) is 73.1 cm³/mol. The van der Waals surface area contributed by atoms with Crippen LogP contribution in [0.25, 0.3) is 0 Å². The maximum Gasteiger partial charge on any atom is 0.0587 e. The van der Waals surface area contributed by atoms with Crippen molar-refractivity contribution in [3.05, 3.63) is 35.9 Å². The van der Waals surface area contributed by atoms with Crippen LogP contribution < -0.4 is 5.32 Å². The van der Waals surface area contributed by atoms with Gasteiger partial charge in [-0.15, -0.1) is 0 Å². The summed E-state index contributed by atoms with van der Waals surface area (Å²) in [7, 11) is 0. The van der Waals surface area contributed by atoms with Crippen LogP contribution in [0.5, 0.6) is 0 Å². The molecule has 0 bridgehead atoms. The van der Waals surface area contributed by atoms with Crippen LogP contribution in [0.1, 0.15) is 32.3 Å². The zero-order chi connectivity index (χ0) is 12.5. The highest BCUT2D eigenvalue weighted by molar-refractivity contribution is 5.15. The van der Waals surface area contributed by atoms with Gasteiger partial charge < -0.3 is 10.4 Å². The lowest BCUT2D eigenvalue weighted by Crippen LogP contribution is -2.37. The van der Waals surface area contributed by atoms with E-state index in [1.807, 2.05) is 18.2 Å². The molecule has 2 nitrogen and oxygen atoms in total. The first-order valence-corrected chi connectivity index (χ1v) is 6.68. The normalized spacial score (nSPS) is 12.9. The summed E-state index contributed by atoms with van der Waals surface area (Å²) in [6, 6.07) is 10.5. The molecular formula is C15H25NO. The minimum Gasteiger partial charge on any atom is -0.395 e. The first-order chi connectivity index (χ1) is 8.30. The van der Waals surface area contributed by atoms with Gasteiger partial charge in [0.2, 0.25) is 0 Å². The molecule has 0 aliphatic rings. The molecule has 0 aromatic heterocycles. The molecule has 0 fully saturated rings. The molecule has 0 saturated heterocycles. The first kappa shape index (κ1) is 14.2. The van der Waals surface area contributed by atoms with Crippen molar-refractivity contribution in [3.63, 3.8) is 0 Å². The highest BCUT2D eigenvalue weighted by atomic mass is 16.3. The SMILES string of the molecule is CCC(CC)CN[C@@H](CO)Cc1ccccc1. The molecule has 0 saturated carbocycles. The van der Waals surface area contributed by atoms with Crippen LogP contribution in [0.4, 0.5) is 0 Å². The Hall–Kier alpha value is -0.860. The lowest BCUT2D eigenvalue weighted by molar-refractivity contribution is 0.234. The van der Waals surface area contributed by atoms with E-state index in [4.69, 9.17) is 0 Å². The van der Waals surface area contributed by atoms with E-state index in [1.165, 1.54) is 18.4 Å². The fourth-order valence-electron chi connectivity index (χ4n) is 2.01. The summed E-state index contributed by atoms with van der Waals surface area (Å²) in [6.07, 6.45) is 3.30. The van der Waals surface area contributed by atoms with Crippen LogP contribution in [0, 0.1) is 5.92 Å². The van der Waals surface area contributed by atoms with Crippen molar-refractivity contribution in [3.8, 4) is 0 Å². The molecule has 2 N–H and O–H groups in total. The average Bonchev–Trinajstić information content (AvgIpc) is 2.39. The fourth-order valence-corrected chi connectivity index (χ4v) is 2.01. The van der Waals surface area contributed by atoms with Crippen LogP contribution in [0.15, 0.2) is 30.3 Å². The third-order valence-electron chi connectivity index (χ3n) is 3.40. The maximum absolute atomic E-state index is 9.38. The Bertz CT molecular complexity index is 282. The van der Waals surface area contributed by atoms with Gasteiger partial charge in [-0.2, -0.15) is 0 Å². The van der Waals surface area contributed by atoms with Gasteiger partial charge in [0.15, 0.2) is 0 Å². The second-order valence-corrected chi connectivity index (χ2v) is 4.66. The molecule has 0 radical (unpaired) electrons. The van der Waals surface area contributed by atoms with Crippen LogP contribution in [0.3, 0.4) is 0 Å². The van der Waals surface area contributed by atoms with Crippen LogP contribution in [-0.2, 0) is 6.42 Å². The number of hydrogen-bond acceptors (Lipinski definition) is 2. The molecule has 1 aromatic carbocycles. The molecule has 0 heterocycles. The minimum atomic E-state index is 0.179. The molecule has 0 amide bonds. The van der Waals surface area contributed by atoms with Gasteiger partial charge in [-0.3, -0.25) is 0 Å². The Morgan fingerprint density at radius 3 is 2.29 bits per heavy atom. The van der Waals surface area contributed by atoms with Crippen molar-refractivity contribution in [1.82, 2.24) is 5.32 Å². The van der Waals surface area contributed by atoms with E-state index < -0.39 is 0 Å². The molecule has 2 heteroatoms. The van der Waals surface area contributed by atoms with Gasteiger partial charge in [0.1, 0.15) is 0 Å². The molecule has 0 unspecified atom stereocenters. The highest BCUT2D eigenvalue weighted by Gasteiger charge is 2.10. The number of benzene rings is 1. The lowest BCUT2D eigenvalue weighted by atomic mass is 10.0. The summed E-state index contributed by atoms with van der Waals surface area (Å²) in [5.41, 5.74) is 1.28. The van der Waals surface area contributed by atoms with Crippen molar-refractivity contribution in [2.75, 3.05) is 13.2 Å². The van der Waals surface area contributed by atoms with E-state index in [2.05, 4.69) is 31.3 Å². The second-order valence-electron chi connectivity index (χ2n) is 4.66. The van der Waals surface area contributed by atoms with Gasteiger partial charge in [0.25, 0.3) is 0 Å². The molecule has 0 aliphatic carbocycles. The third kappa shape index (κ3) is 5.33. The summed E-state index contributed by atoms with van der Waals surface area (Å²) in [5.74, 6) is 0.722. The lowest BCUT2D eigenvalue weighted by Gasteiger charge is -2.20. The molecule has 1 atom stereocenters. The standard InChI is InChI=1S/C15H25NO/c1-3-13(4-2)11-16-15(12-17)10-14-8-6-5-7-9-14/h5-9,13,15-17H,3-4,10-12H2,1-2H3/t15-/m1/s1. The zero-order valence-corrected chi connectivity index (χ0v) is 11.0. The minimum absolute atomic E-state index is 0.179. The summed E-state index contributed by atoms with van der Waals surface area (Å²) < 4.78 is 0. The molecule has 1 rings (SSSR count). The number of aliphatic hydroxyl groups excluding tert-OH is 1. The summed E-state index contributed by atoms with van der Waals surface area (Å²) in [5, 5.41) is 12.9. The number of hydrogen-bond donors (Lipinski definition) is 2. The maximum atomic E-state index is 9.38. The molecule has 1 aromatic rings. The smallest absolute Gasteiger partial charge is 0.0587 e. The van der Waals surface area contributed by atoms with E-state index >= 15 is 0 Å². The monoisotopic (exact) mass is 235 g/mol. The Morgan fingerprint density at radius 2 is 1.76 bits per heavy atom. The van der Waals surface area contributed by atoms with Gasteiger partial charge in [0, 0.05) is 6.04 Å². The van der Waals surface area contributed by atoms with Gasteiger partial charge in [0.05, 0.1) is 6.61 Å². The van der Waals surface area contributed by atoms with Crippen molar-refractivity contribution < 1.29 is 5.11 Å². The van der Waals surface area contributed by atoms with E-state index in [0.717, 1.165) is 18.9 Å². The van der Waals surface area contributed by atoms with E-state index in [1.54, 1.807) is 0 Å². The van der Waals surface area contributed by atoms with Crippen molar-refractivity contribution >= 4 is 0 Å². The number of aliphatic hydroxyl groups is 1. The quantitative estimate of drug-likeness (QED) is 0.726. The molecule has 17 heavy (non-hydrogen) atoms. The van der Waals surface area contributed by atoms with Crippen LogP contribution in [0.2, 0.25) is 0 Å². The Labute approximate surface area is 105 Å². The Balaban J connectivity index is 2.38. The fraction of sp³-hybridized carbons (Fsp3) is 0.600. The second kappa shape index (κ2) is 8.26. The summed E-state index contributed by atoms with van der Waals surface area (Å²) >= 11 is 0. The molecule has 96 valence electrons. The van der Waals surface area contributed by atoms with E-state index in [9.17, 15) is 5.11 Å². The van der Waals surface area contributed by atoms with E-state index in [-0.39, 0.29) is 12.6 Å². The predicted octanol–water partition coefficient (Wildman–Crippen LogP) is 2.62. The Morgan fingerprint density at radius 1 is 1.12 bits per heavy atom. The van der Waals surface area contributed by atoms with Gasteiger partial charge in [-0.05, 0) is 24.4 Å². The number of nitrogens with one attached hydrogen (secondary N) is 1. The van der Waals surface area contributed by atoms with Gasteiger partial charge >= 0.3 is 0 Å². The van der Waals surface area contributed by atoms with Crippen LogP contribution in [-0.4, -0.2) is 24.3 Å². The topological polar surface area (TPSA) is 32.3 Å². The summed E-state index contributed by atoms with van der Waals surface area (Å²) in [6.45, 7) is 5.65. The number of rotatable bonds is 8. The van der Waals surface area contributed by atoms with E-state index in [0.29, 0.717) is 0 Å². The van der Waals surface area contributed by atoms with Crippen LogP contribution >= 0.6 is 0 Å². The van der Waals surface area contributed by atoms with Gasteiger partial charge in [-0.1, -0.05) is 57.0 Å². The molecular weight excluding hydrogens is 210 g/mol. The highest BCUT2D eigenvalue weighted by Crippen LogP contribution is 2.07. The largest absolute Gasteiger partial charge is 0.395 e. The average molecular weight is 235 g/mol. The van der Waals surface area contributed by atoms with Crippen molar-refractivity contribution in [1.29, 1.82) is 0 Å². The first-order valence-electron chi connectivity index (χ1n) is 6.68. The van der Waals surface area contributed by atoms with Gasteiger partial charge in [-0.25, -0.2) is 0 Å². The molecule has 0 aliphatic heterocycles. The van der Waals surface area contributed by atoms with Crippen molar-refractivity contribution in [2.24, 2.45) is 5.92 Å². The summed E-state index contributed by atoms with van der Waals surface area (Å²) in [4.78, 5) is 0. The molecule has 0 spiro atoms. The van der Waals surface area contributed by atoms with Crippen molar-refractivity contribution in [2.45, 2.75) is 39.2 Å².